The van der Waals surface area contributed by atoms with Crippen molar-refractivity contribution in [2.75, 3.05) is 6.61 Å². The van der Waals surface area contributed by atoms with Crippen molar-refractivity contribution >= 4 is 48.1 Å². The molecule has 2 fully saturated rings. The fraction of sp³-hybridized carbons (Fsp3) is 0.750. The summed E-state index contributed by atoms with van der Waals surface area (Å²) in [7, 11) is 4.88. The zero-order valence-electron chi connectivity index (χ0n) is 30.5. The van der Waals surface area contributed by atoms with Crippen LogP contribution in [0.4, 0.5) is 4.79 Å². The van der Waals surface area contributed by atoms with Gasteiger partial charge in [0, 0.05) is 43.2 Å². The van der Waals surface area contributed by atoms with Gasteiger partial charge < -0.3 is 34.3 Å². The number of allylic oxidation sites excluding steroid dienone is 1. The molecule has 0 saturated heterocycles. The van der Waals surface area contributed by atoms with Crippen LogP contribution in [0.15, 0.2) is 22.8 Å². The van der Waals surface area contributed by atoms with Gasteiger partial charge in [-0.05, 0) is 84.6 Å². The number of hydrogen-bond donors (Lipinski definition) is 3. The Balaban J connectivity index is 2.19. The highest BCUT2D eigenvalue weighted by Gasteiger charge is 2.67. The van der Waals surface area contributed by atoms with E-state index >= 15 is 0 Å². The number of carboxylic acids is 1. The van der Waals surface area contributed by atoms with Crippen LogP contribution in [-0.2, 0) is 38.1 Å². The minimum atomic E-state index is -1.86. The van der Waals surface area contributed by atoms with Gasteiger partial charge in [0.25, 0.3) is 0 Å². The lowest BCUT2D eigenvalue weighted by Crippen LogP contribution is -2.69. The molecule has 0 aromatic carbocycles. The quantitative estimate of drug-likeness (QED) is 0.0790. The second-order valence-corrected chi connectivity index (χ2v) is 16.6. The maximum atomic E-state index is 13.6. The number of aliphatic carboxylic acids is 1. The summed E-state index contributed by atoms with van der Waals surface area (Å²) < 4.78 is 23.3. The third-order valence-corrected chi connectivity index (χ3v) is 12.6. The Labute approximate surface area is 299 Å². The maximum Gasteiger partial charge on any atom is 0.336 e. The average molecular weight is 743 g/mol. The Morgan fingerprint density at radius 2 is 1.66 bits per heavy atom. The molecule has 2 bridgehead atoms. The molecular formula is C36H56O12P2. The Morgan fingerprint density at radius 3 is 2.20 bits per heavy atom. The third-order valence-electron chi connectivity index (χ3n) is 11.4. The number of rotatable bonds is 12. The Morgan fingerprint density at radius 1 is 1.02 bits per heavy atom. The first kappa shape index (κ1) is 42.0. The highest BCUT2D eigenvalue weighted by Crippen LogP contribution is 2.63. The van der Waals surface area contributed by atoms with E-state index in [1.165, 1.54) is 19.9 Å². The van der Waals surface area contributed by atoms with Gasteiger partial charge >= 0.3 is 29.6 Å². The highest BCUT2D eigenvalue weighted by atomic mass is 31.0. The minimum absolute atomic E-state index is 0.148. The van der Waals surface area contributed by atoms with Gasteiger partial charge in [0.05, 0.1) is 13.0 Å². The van der Waals surface area contributed by atoms with Crippen molar-refractivity contribution in [2.24, 2.45) is 28.6 Å². The van der Waals surface area contributed by atoms with E-state index in [0.29, 0.717) is 36.0 Å². The molecule has 3 aliphatic carbocycles. The van der Waals surface area contributed by atoms with Crippen LogP contribution in [-0.4, -0.2) is 87.2 Å². The number of fused-ring (bicyclic) bond motifs is 3. The number of aliphatic hydroxyl groups is 2. The van der Waals surface area contributed by atoms with Gasteiger partial charge in [-0.3, -0.25) is 14.4 Å². The third kappa shape index (κ3) is 8.97. The first-order valence-electron chi connectivity index (χ1n) is 17.3. The lowest BCUT2D eigenvalue weighted by atomic mass is 9.48. The Kier molecular flexibility index (Phi) is 13.9. The molecule has 2 saturated carbocycles. The van der Waals surface area contributed by atoms with Crippen molar-refractivity contribution in [1.29, 1.82) is 0 Å². The van der Waals surface area contributed by atoms with Gasteiger partial charge in [-0.2, -0.15) is 0 Å². The van der Waals surface area contributed by atoms with E-state index in [0.717, 1.165) is 12.8 Å². The molecule has 0 aliphatic heterocycles. The highest BCUT2D eigenvalue weighted by molar-refractivity contribution is 7.39. The van der Waals surface area contributed by atoms with Crippen molar-refractivity contribution < 1.29 is 58.2 Å². The van der Waals surface area contributed by atoms with Crippen molar-refractivity contribution in [3.05, 3.63) is 22.8 Å². The van der Waals surface area contributed by atoms with Crippen LogP contribution in [0.1, 0.15) is 100 Å². The molecule has 0 amide bonds. The molecule has 0 radical (unpaired) electrons. The van der Waals surface area contributed by atoms with Gasteiger partial charge in [-0.25, -0.2) is 9.59 Å². The monoisotopic (exact) mass is 742 g/mol. The molecule has 0 aromatic heterocycles. The van der Waals surface area contributed by atoms with Crippen LogP contribution in [0.5, 0.6) is 0 Å². The van der Waals surface area contributed by atoms with E-state index in [1.807, 2.05) is 9.24 Å². The molecule has 0 spiro atoms. The van der Waals surface area contributed by atoms with Crippen LogP contribution in [0.25, 0.3) is 0 Å². The summed E-state index contributed by atoms with van der Waals surface area (Å²) in [5.41, 5.74) is -3.01. The molecule has 3 N–H and O–H groups in total. The van der Waals surface area contributed by atoms with Crippen LogP contribution in [0.2, 0.25) is 0 Å². The van der Waals surface area contributed by atoms with Gasteiger partial charge in [0.2, 0.25) is 0 Å². The average Bonchev–Trinajstić information content (AvgIpc) is 2.98. The van der Waals surface area contributed by atoms with Crippen molar-refractivity contribution in [3.8, 4) is 0 Å². The molecule has 12 nitrogen and oxygen atoms in total. The summed E-state index contributed by atoms with van der Waals surface area (Å²) in [5, 5.41) is 33.6. The summed E-state index contributed by atoms with van der Waals surface area (Å²) >= 11 is 0. The largest absolute Gasteiger partial charge is 0.481 e. The summed E-state index contributed by atoms with van der Waals surface area (Å²) in [6.07, 6.45) is -0.743. The van der Waals surface area contributed by atoms with Crippen LogP contribution in [0, 0.1) is 28.6 Å². The number of aliphatic hydroxyl groups excluding tert-OH is 1. The summed E-state index contributed by atoms with van der Waals surface area (Å²) in [4.78, 5) is 62.1. The van der Waals surface area contributed by atoms with Gasteiger partial charge in [-0.1, -0.05) is 32.4 Å². The van der Waals surface area contributed by atoms with Gasteiger partial charge in [0.1, 0.15) is 23.9 Å². The number of hydrogen-bond acceptors (Lipinski definition) is 11. The zero-order chi connectivity index (χ0) is 37.9. The summed E-state index contributed by atoms with van der Waals surface area (Å²) in [6, 6.07) is 0. The van der Waals surface area contributed by atoms with Crippen LogP contribution in [0.3, 0.4) is 0 Å². The summed E-state index contributed by atoms with van der Waals surface area (Å²) in [6.45, 7) is 13.8. The number of carboxylic acid groups (broad SMARTS) is 1. The summed E-state index contributed by atoms with van der Waals surface area (Å²) in [5.74, 6) is -4.52. The van der Waals surface area contributed by atoms with Crippen molar-refractivity contribution in [1.82, 2.24) is 0 Å². The van der Waals surface area contributed by atoms with E-state index in [1.54, 1.807) is 34.6 Å². The molecule has 3 rings (SSSR count). The number of carbonyl (C=O) groups excluding carboxylic acids is 4. The molecular weight excluding hydrogens is 686 g/mol. The van der Waals surface area contributed by atoms with E-state index in [-0.39, 0.29) is 24.9 Å². The smallest absolute Gasteiger partial charge is 0.336 e. The van der Waals surface area contributed by atoms with Crippen LogP contribution >= 0.6 is 18.5 Å². The lowest BCUT2D eigenvalue weighted by molar-refractivity contribution is -0.216. The molecule has 12 atom stereocenters. The van der Waals surface area contributed by atoms with Crippen LogP contribution < -0.4 is 0 Å². The zero-order valence-corrected chi connectivity index (χ0v) is 32.8. The SMILES string of the molecule is CC(=O)OCCCC1CCC2(C)C(P)C(OC(C)=O)C3=C(C)C(OC(=O)C(O)C(C=C(C)C)CC(=O)O)CC(O)(C(OC(=O)P)C2C1)C3(C)C. The Hall–Kier alpha value is -2.39. The minimum Gasteiger partial charge on any atom is -0.481 e. The Bertz CT molecular complexity index is 1390. The number of esters is 3. The number of ether oxygens (including phenoxy) is 4. The van der Waals surface area contributed by atoms with Crippen molar-refractivity contribution in [3.63, 3.8) is 0 Å². The normalized spacial score (nSPS) is 33.0. The van der Waals surface area contributed by atoms with Gasteiger partial charge in [-0.15, -0.1) is 9.24 Å². The molecule has 282 valence electrons. The van der Waals surface area contributed by atoms with Crippen molar-refractivity contribution in [2.45, 2.75) is 136 Å². The first-order chi connectivity index (χ1) is 23.1. The first-order valence-corrected chi connectivity index (χ1v) is 18.5. The van der Waals surface area contributed by atoms with E-state index in [4.69, 9.17) is 18.9 Å². The number of carbonyl (C=O) groups is 5. The van der Waals surface area contributed by atoms with E-state index in [2.05, 4.69) is 16.2 Å². The fourth-order valence-electron chi connectivity index (χ4n) is 8.70. The second-order valence-electron chi connectivity index (χ2n) is 15.4. The predicted octanol–water partition coefficient (Wildman–Crippen LogP) is 5.13. The second kappa shape index (κ2) is 16.5. The molecule has 12 unspecified atom stereocenters. The topological polar surface area (TPSA) is 183 Å². The molecule has 0 aromatic rings. The molecule has 0 heterocycles. The molecule has 14 heteroatoms. The lowest BCUT2D eigenvalue weighted by Gasteiger charge is -2.63. The maximum absolute atomic E-state index is 13.6. The predicted molar refractivity (Wildman–Crippen MR) is 191 cm³/mol. The van der Waals surface area contributed by atoms with E-state index < -0.39 is 88.4 Å². The molecule has 50 heavy (non-hydrogen) atoms. The molecule has 3 aliphatic rings. The standard InChI is InChI=1S/C36H56O12P2/c1-18(2)14-23(16-26(39)40)28(41)32(42)47-25-17-36(44)30(48-33(43)50)24-15-22(10-9-13-45-20(4)37)11-12-35(24,8)31(49)29(46-21(5)38)27(19(25)3)34(36,6)7/h14,22-25,28-31,41,44H,9-13,15-17,49-50H2,1-8H3,(H,39,40). The van der Waals surface area contributed by atoms with E-state index in [9.17, 15) is 39.3 Å². The van der Waals surface area contributed by atoms with Gasteiger partial charge in [0.15, 0.2) is 6.10 Å². The fourth-order valence-corrected chi connectivity index (χ4v) is 9.53.